The summed E-state index contributed by atoms with van der Waals surface area (Å²) in [5.74, 6) is 3.66. The number of nitrogens with one attached hydrogen (secondary N) is 2. The fourth-order valence-electron chi connectivity index (χ4n) is 3.18. The van der Waals surface area contributed by atoms with Gasteiger partial charge in [0.05, 0.1) is 5.60 Å². The van der Waals surface area contributed by atoms with E-state index in [1.165, 1.54) is 11.5 Å². The van der Waals surface area contributed by atoms with Crippen molar-refractivity contribution in [2.75, 3.05) is 45.3 Å². The largest absolute Gasteiger partial charge is 0.375 e. The Morgan fingerprint density at radius 1 is 1.35 bits per heavy atom. The van der Waals surface area contributed by atoms with E-state index in [4.69, 9.17) is 4.74 Å². The summed E-state index contributed by atoms with van der Waals surface area (Å²) in [5, 5.41) is 6.93. The lowest BCUT2D eigenvalue weighted by atomic mass is 9.85. The third-order valence-corrected chi connectivity index (χ3v) is 5.77. The number of carbonyl (C=O) groups is 1. The number of rotatable bonds is 5. The first kappa shape index (κ1) is 23.8. The Balaban J connectivity index is 0.00000338. The summed E-state index contributed by atoms with van der Waals surface area (Å²) in [4.78, 5) is 17.9. The van der Waals surface area contributed by atoms with Gasteiger partial charge in [-0.15, -0.1) is 24.0 Å². The molecule has 2 N–H and O–H groups in total. The van der Waals surface area contributed by atoms with Gasteiger partial charge >= 0.3 is 0 Å². The minimum absolute atomic E-state index is 0. The van der Waals surface area contributed by atoms with Gasteiger partial charge in [-0.25, -0.2) is 4.99 Å². The molecule has 0 aromatic heterocycles. The molecule has 0 aliphatic carbocycles. The SMILES string of the molecule is CC(C)CNC(=NCC(=O)N(C)C)NC1CCOC2(CCSCC2)C1.I. The van der Waals surface area contributed by atoms with Crippen LogP contribution in [0.25, 0.3) is 0 Å². The quantitative estimate of drug-likeness (QED) is 0.346. The van der Waals surface area contributed by atoms with Crippen molar-refractivity contribution in [2.45, 2.75) is 51.2 Å². The van der Waals surface area contributed by atoms with Crippen molar-refractivity contribution < 1.29 is 9.53 Å². The van der Waals surface area contributed by atoms with Crippen LogP contribution in [0.5, 0.6) is 0 Å². The van der Waals surface area contributed by atoms with Crippen LogP contribution in [0.2, 0.25) is 0 Å². The van der Waals surface area contributed by atoms with Gasteiger partial charge in [0.15, 0.2) is 5.96 Å². The molecule has 1 atom stereocenters. The Bertz CT molecular complexity index is 463. The number of aliphatic imine (C=N–C) groups is 1. The maximum absolute atomic E-state index is 11.9. The number of nitrogens with zero attached hydrogens (tertiary/aromatic N) is 2. The Morgan fingerprint density at radius 2 is 2.04 bits per heavy atom. The Labute approximate surface area is 179 Å². The molecule has 1 spiro atoms. The maximum atomic E-state index is 11.9. The first-order valence-corrected chi connectivity index (χ1v) is 10.5. The average Bonchev–Trinajstić information content (AvgIpc) is 2.57. The fraction of sp³-hybridized carbons (Fsp3) is 0.889. The summed E-state index contributed by atoms with van der Waals surface area (Å²) < 4.78 is 6.17. The minimum Gasteiger partial charge on any atom is -0.375 e. The van der Waals surface area contributed by atoms with Crippen LogP contribution in [0.1, 0.15) is 39.5 Å². The van der Waals surface area contributed by atoms with Crippen LogP contribution in [0.4, 0.5) is 0 Å². The van der Waals surface area contributed by atoms with Crippen molar-refractivity contribution in [2.24, 2.45) is 10.9 Å². The zero-order valence-corrected chi connectivity index (χ0v) is 19.7. The summed E-state index contributed by atoms with van der Waals surface area (Å²) in [7, 11) is 3.52. The molecule has 2 aliphatic rings. The number of thioether (sulfide) groups is 1. The van der Waals surface area contributed by atoms with Gasteiger partial charge in [-0.2, -0.15) is 11.8 Å². The number of carbonyl (C=O) groups excluding carboxylic acids is 1. The molecule has 152 valence electrons. The second-order valence-corrected chi connectivity index (χ2v) is 8.93. The molecular formula is C18H35IN4O2S. The lowest BCUT2D eigenvalue weighted by Gasteiger charge is -2.43. The number of hydrogen-bond donors (Lipinski definition) is 2. The van der Waals surface area contributed by atoms with E-state index >= 15 is 0 Å². The highest BCUT2D eigenvalue weighted by atomic mass is 127. The molecule has 1 amide bonds. The first-order chi connectivity index (χ1) is 11.9. The highest BCUT2D eigenvalue weighted by molar-refractivity contribution is 14.0. The van der Waals surface area contributed by atoms with Gasteiger partial charge in [0.2, 0.25) is 5.91 Å². The summed E-state index contributed by atoms with van der Waals surface area (Å²) >= 11 is 2.02. The topological polar surface area (TPSA) is 66.0 Å². The molecule has 26 heavy (non-hydrogen) atoms. The van der Waals surface area contributed by atoms with Crippen molar-refractivity contribution in [3.63, 3.8) is 0 Å². The third kappa shape index (κ3) is 7.80. The van der Waals surface area contributed by atoms with Crippen LogP contribution in [0, 0.1) is 5.92 Å². The predicted molar refractivity (Wildman–Crippen MR) is 121 cm³/mol. The van der Waals surface area contributed by atoms with Gasteiger partial charge in [0, 0.05) is 33.3 Å². The number of ether oxygens (including phenoxy) is 1. The van der Waals surface area contributed by atoms with Crippen molar-refractivity contribution in [3.8, 4) is 0 Å². The van der Waals surface area contributed by atoms with Crippen LogP contribution in [0.3, 0.4) is 0 Å². The summed E-state index contributed by atoms with van der Waals surface area (Å²) in [6.07, 6.45) is 4.29. The highest BCUT2D eigenvalue weighted by Gasteiger charge is 2.39. The van der Waals surface area contributed by atoms with Crippen molar-refractivity contribution in [3.05, 3.63) is 0 Å². The molecular weight excluding hydrogens is 463 g/mol. The third-order valence-electron chi connectivity index (χ3n) is 4.79. The second-order valence-electron chi connectivity index (χ2n) is 7.71. The summed E-state index contributed by atoms with van der Waals surface area (Å²) in [6, 6.07) is 0.352. The van der Waals surface area contributed by atoms with Gasteiger partial charge in [-0.05, 0) is 43.1 Å². The molecule has 2 heterocycles. The van der Waals surface area contributed by atoms with E-state index in [2.05, 4.69) is 29.5 Å². The van der Waals surface area contributed by atoms with E-state index in [0.29, 0.717) is 12.0 Å². The van der Waals surface area contributed by atoms with Crippen LogP contribution >= 0.6 is 35.7 Å². The molecule has 6 nitrogen and oxygen atoms in total. The van der Waals surface area contributed by atoms with E-state index in [-0.39, 0.29) is 42.0 Å². The van der Waals surface area contributed by atoms with Crippen molar-refractivity contribution >= 4 is 47.6 Å². The Hall–Kier alpha value is -0.220. The number of amides is 1. The number of likely N-dealkylation sites (N-methyl/N-ethyl adjacent to an activating group) is 1. The van der Waals surface area contributed by atoms with E-state index in [1.807, 2.05) is 11.8 Å². The van der Waals surface area contributed by atoms with E-state index in [9.17, 15) is 4.79 Å². The lowest BCUT2D eigenvalue weighted by molar-refractivity contribution is -0.127. The van der Waals surface area contributed by atoms with Crippen LogP contribution in [0.15, 0.2) is 4.99 Å². The van der Waals surface area contributed by atoms with Crippen molar-refractivity contribution in [1.29, 1.82) is 0 Å². The van der Waals surface area contributed by atoms with E-state index in [0.717, 1.165) is 44.8 Å². The molecule has 2 aliphatic heterocycles. The summed E-state index contributed by atoms with van der Waals surface area (Å²) in [6.45, 7) is 6.15. The molecule has 0 saturated carbocycles. The molecule has 0 aromatic carbocycles. The molecule has 2 saturated heterocycles. The highest BCUT2D eigenvalue weighted by Crippen LogP contribution is 2.37. The average molecular weight is 498 g/mol. The van der Waals surface area contributed by atoms with E-state index in [1.54, 1.807) is 19.0 Å². The zero-order chi connectivity index (χ0) is 18.3. The first-order valence-electron chi connectivity index (χ1n) is 9.37. The van der Waals surface area contributed by atoms with Crippen LogP contribution in [-0.2, 0) is 9.53 Å². The van der Waals surface area contributed by atoms with Crippen LogP contribution in [-0.4, -0.2) is 73.7 Å². The van der Waals surface area contributed by atoms with Crippen LogP contribution < -0.4 is 10.6 Å². The van der Waals surface area contributed by atoms with E-state index < -0.39 is 0 Å². The molecule has 0 aromatic rings. The monoisotopic (exact) mass is 498 g/mol. The Morgan fingerprint density at radius 3 is 2.65 bits per heavy atom. The molecule has 0 radical (unpaired) electrons. The Kier molecular flexibility index (Phi) is 10.6. The second kappa shape index (κ2) is 11.6. The normalized spacial score (nSPS) is 22.7. The molecule has 2 rings (SSSR count). The van der Waals surface area contributed by atoms with Gasteiger partial charge < -0.3 is 20.3 Å². The molecule has 2 fully saturated rings. The minimum atomic E-state index is 0. The van der Waals surface area contributed by atoms with Gasteiger partial charge in [0.1, 0.15) is 6.54 Å². The van der Waals surface area contributed by atoms with Gasteiger partial charge in [-0.3, -0.25) is 4.79 Å². The van der Waals surface area contributed by atoms with Crippen molar-refractivity contribution in [1.82, 2.24) is 15.5 Å². The maximum Gasteiger partial charge on any atom is 0.243 e. The molecule has 8 heteroatoms. The lowest BCUT2D eigenvalue weighted by Crippen LogP contribution is -2.53. The predicted octanol–water partition coefficient (Wildman–Crippen LogP) is 2.33. The number of guanidine groups is 1. The number of hydrogen-bond acceptors (Lipinski definition) is 4. The number of halogens is 1. The molecule has 0 bridgehead atoms. The fourth-order valence-corrected chi connectivity index (χ4v) is 4.41. The standard InChI is InChI=1S/C18H34N4O2S.HI/c1-14(2)12-19-17(20-13-16(23)22(3)4)21-15-5-8-24-18(11-15)6-9-25-10-7-18;/h14-15H,5-13H2,1-4H3,(H2,19,20,21);1H. The summed E-state index contributed by atoms with van der Waals surface area (Å²) in [5.41, 5.74) is 0.0454. The van der Waals surface area contributed by atoms with Gasteiger partial charge in [0.25, 0.3) is 0 Å². The van der Waals surface area contributed by atoms with Gasteiger partial charge in [-0.1, -0.05) is 13.8 Å². The zero-order valence-electron chi connectivity index (χ0n) is 16.5. The molecule has 1 unspecified atom stereocenters. The smallest absolute Gasteiger partial charge is 0.243 e.